The summed E-state index contributed by atoms with van der Waals surface area (Å²) in [6.07, 6.45) is 2.83. The lowest BCUT2D eigenvalue weighted by Gasteiger charge is -2.44. The number of benzene rings is 3. The second kappa shape index (κ2) is 16.9. The second-order valence-electron chi connectivity index (χ2n) is 15.4. The van der Waals surface area contributed by atoms with Gasteiger partial charge in [-0.2, -0.15) is 0 Å². The van der Waals surface area contributed by atoms with Gasteiger partial charge in [0.25, 0.3) is 8.32 Å². The van der Waals surface area contributed by atoms with Crippen LogP contribution in [0.15, 0.2) is 113 Å². The molecule has 1 aromatic heterocycles. The molecule has 0 unspecified atom stereocenters. The van der Waals surface area contributed by atoms with E-state index in [0.29, 0.717) is 29.9 Å². The van der Waals surface area contributed by atoms with Crippen molar-refractivity contribution in [3.05, 3.63) is 129 Å². The third kappa shape index (κ3) is 7.94. The van der Waals surface area contributed by atoms with Gasteiger partial charge >= 0.3 is 0 Å². The van der Waals surface area contributed by atoms with Gasteiger partial charge in [-0.05, 0) is 87.5 Å². The molecule has 0 bridgehead atoms. The van der Waals surface area contributed by atoms with Gasteiger partial charge in [0.2, 0.25) is 11.8 Å². The molecule has 4 aromatic rings. The van der Waals surface area contributed by atoms with Gasteiger partial charge in [-0.15, -0.1) is 11.3 Å². The van der Waals surface area contributed by atoms with Gasteiger partial charge in [-0.3, -0.25) is 14.5 Å². The highest BCUT2D eigenvalue weighted by molar-refractivity contribution is 7.09. The van der Waals surface area contributed by atoms with E-state index in [2.05, 4.69) is 45.0 Å². The number of fused-ring (bicyclic) bond motifs is 1. The molecule has 1 aliphatic carbocycles. The number of likely N-dealkylation sites (tertiary alicyclic amines) is 1. The monoisotopic (exact) mass is 783 g/mol. The number of phenolic OH excluding ortho intramolecular Hbond substituents is 1. The minimum Gasteiger partial charge on any atom is -0.508 e. The molecule has 1 saturated heterocycles. The van der Waals surface area contributed by atoms with Gasteiger partial charge in [0.15, 0.2) is 0 Å². The molecule has 1 fully saturated rings. The van der Waals surface area contributed by atoms with Crippen molar-refractivity contribution >= 4 is 59.5 Å². The van der Waals surface area contributed by atoms with E-state index in [4.69, 9.17) is 16.0 Å². The zero-order chi connectivity index (χ0) is 38.6. The van der Waals surface area contributed by atoms with Crippen LogP contribution in [0.2, 0.25) is 10.1 Å². The summed E-state index contributed by atoms with van der Waals surface area (Å²) in [6, 6.07) is 29.3. The molecule has 4 atom stereocenters. The summed E-state index contributed by atoms with van der Waals surface area (Å²) in [5.74, 6) is -2.64. The van der Waals surface area contributed by atoms with Gasteiger partial charge in [-0.1, -0.05) is 118 Å². The summed E-state index contributed by atoms with van der Waals surface area (Å²) >= 11 is 7.93. The third-order valence-electron chi connectivity index (χ3n) is 11.1. The number of phenols is 1. The number of rotatable bonds is 14. The fourth-order valence-corrected chi connectivity index (χ4v) is 14.0. The van der Waals surface area contributed by atoms with E-state index >= 15 is 0 Å². The number of nitrogens with zero attached hydrogens (tertiary/aromatic N) is 1. The fourth-order valence-electron chi connectivity index (χ4n) is 8.51. The van der Waals surface area contributed by atoms with E-state index in [0.717, 1.165) is 32.0 Å². The highest BCUT2D eigenvalue weighted by atomic mass is 35.5. The van der Waals surface area contributed by atoms with E-state index in [-0.39, 0.29) is 48.8 Å². The number of aliphatic hydroxyl groups excluding tert-OH is 2. The SMILES string of the molecule is CC/C(=C\c1ccc(O)cc1Cl)CC[C@@H](O)C1=C(CO[Si](c2ccccc2)(c2ccccc2)C(C)(C)C)C[C@H]2C(=O)N(Cc3cccs3)C(=O)[C@H]2[C@H]1CO. The molecule has 284 valence electrons. The predicted octanol–water partition coefficient (Wildman–Crippen LogP) is 7.73. The standard InChI is InChI=1S/C44H50ClNO6SSi/c1-5-29(23-30-19-20-32(48)25-38(30)45)18-21-39(49)40-31(24-36-41(37(40)27-47)43(51)46(42(36)50)26-33-13-12-22-53-33)28-52-54(44(2,3)4,34-14-8-6-9-15-34)35-16-10-7-11-17-35/h6-17,19-20,22-23,25,36-37,39,41,47-49H,5,18,21,24,26-28H2,1-4H3/b29-23+/t36-,37+,39-,41-/m1/s1. The number of imide groups is 1. The first-order valence-electron chi connectivity index (χ1n) is 18.7. The van der Waals surface area contributed by atoms with E-state index in [9.17, 15) is 24.9 Å². The molecule has 3 aromatic carbocycles. The Bertz CT molecular complexity index is 1950. The van der Waals surface area contributed by atoms with E-state index in [1.165, 1.54) is 22.3 Å². The summed E-state index contributed by atoms with van der Waals surface area (Å²) in [4.78, 5) is 30.5. The Morgan fingerprint density at radius 2 is 1.67 bits per heavy atom. The number of amides is 2. The normalized spacial score (nSPS) is 20.1. The Labute approximate surface area is 328 Å². The molecule has 0 spiro atoms. The van der Waals surface area contributed by atoms with Crippen LogP contribution >= 0.6 is 22.9 Å². The molecule has 54 heavy (non-hydrogen) atoms. The maximum Gasteiger partial charge on any atom is 0.261 e. The Balaban J connectivity index is 1.40. The van der Waals surface area contributed by atoms with Crippen molar-refractivity contribution in [2.75, 3.05) is 13.2 Å². The first-order chi connectivity index (χ1) is 25.9. The second-order valence-corrected chi connectivity index (χ2v) is 21.1. The molecule has 3 N–H and O–H groups in total. The lowest BCUT2D eigenvalue weighted by atomic mass is 9.68. The van der Waals surface area contributed by atoms with Crippen molar-refractivity contribution in [1.82, 2.24) is 4.90 Å². The van der Waals surface area contributed by atoms with Crippen LogP contribution in [-0.2, 0) is 20.6 Å². The molecule has 2 amide bonds. The van der Waals surface area contributed by atoms with Crippen molar-refractivity contribution in [2.24, 2.45) is 17.8 Å². The molecule has 1 aliphatic heterocycles. The van der Waals surface area contributed by atoms with Crippen LogP contribution in [0, 0.1) is 17.8 Å². The Morgan fingerprint density at radius 1 is 1.00 bits per heavy atom. The number of thiophene rings is 1. The molecular weight excluding hydrogens is 734 g/mol. The molecule has 0 radical (unpaired) electrons. The van der Waals surface area contributed by atoms with Crippen LogP contribution in [0.4, 0.5) is 0 Å². The molecule has 0 saturated carbocycles. The maximum absolute atomic E-state index is 14.1. The average Bonchev–Trinajstić information content (AvgIpc) is 3.76. The largest absolute Gasteiger partial charge is 0.508 e. The van der Waals surface area contributed by atoms with Crippen molar-refractivity contribution in [2.45, 2.75) is 71.1 Å². The van der Waals surface area contributed by atoms with Gasteiger partial charge < -0.3 is 19.7 Å². The number of hydrogen-bond donors (Lipinski definition) is 3. The van der Waals surface area contributed by atoms with Crippen LogP contribution in [0.25, 0.3) is 6.08 Å². The van der Waals surface area contributed by atoms with Crippen molar-refractivity contribution in [3.63, 3.8) is 0 Å². The molecule has 2 heterocycles. The summed E-state index contributed by atoms with van der Waals surface area (Å²) in [5, 5.41) is 37.4. The highest BCUT2D eigenvalue weighted by Gasteiger charge is 2.56. The summed E-state index contributed by atoms with van der Waals surface area (Å²) in [5.41, 5.74) is 3.21. The number of aromatic hydroxyl groups is 1. The van der Waals surface area contributed by atoms with E-state index in [1.807, 2.05) is 66.9 Å². The van der Waals surface area contributed by atoms with Crippen molar-refractivity contribution in [3.8, 4) is 5.75 Å². The molecule has 6 rings (SSSR count). The average molecular weight is 784 g/mol. The van der Waals surface area contributed by atoms with Crippen LogP contribution < -0.4 is 10.4 Å². The summed E-state index contributed by atoms with van der Waals surface area (Å²) in [6.45, 7) is 8.61. The summed E-state index contributed by atoms with van der Waals surface area (Å²) in [7, 11) is -3.02. The van der Waals surface area contributed by atoms with E-state index < -0.39 is 32.2 Å². The van der Waals surface area contributed by atoms with Crippen LogP contribution in [0.5, 0.6) is 5.75 Å². The van der Waals surface area contributed by atoms with Crippen LogP contribution in [0.1, 0.15) is 63.8 Å². The highest BCUT2D eigenvalue weighted by Crippen LogP contribution is 2.48. The zero-order valence-corrected chi connectivity index (χ0v) is 33.9. The molecule has 7 nitrogen and oxygen atoms in total. The number of hydrogen-bond acceptors (Lipinski definition) is 7. The molecule has 10 heteroatoms. The quantitative estimate of drug-likeness (QED) is 0.0687. The smallest absolute Gasteiger partial charge is 0.261 e. The maximum atomic E-state index is 14.1. The first kappa shape index (κ1) is 39.8. The van der Waals surface area contributed by atoms with Gasteiger partial charge in [-0.25, -0.2) is 0 Å². The number of allylic oxidation sites excluding steroid dienone is 1. The van der Waals surface area contributed by atoms with Gasteiger partial charge in [0, 0.05) is 10.8 Å². The van der Waals surface area contributed by atoms with Crippen LogP contribution in [-0.4, -0.2) is 59.7 Å². The number of halogens is 1. The topological polar surface area (TPSA) is 107 Å². The van der Waals surface area contributed by atoms with Crippen LogP contribution in [0.3, 0.4) is 0 Å². The molecular formula is C44H50ClNO6SSi. The molecule has 2 aliphatic rings. The van der Waals surface area contributed by atoms with Crippen molar-refractivity contribution in [1.29, 1.82) is 0 Å². The zero-order valence-electron chi connectivity index (χ0n) is 31.4. The van der Waals surface area contributed by atoms with Crippen molar-refractivity contribution < 1.29 is 29.3 Å². The Hall–Kier alpha value is -3.83. The lowest BCUT2D eigenvalue weighted by molar-refractivity contribution is -0.140. The van der Waals surface area contributed by atoms with E-state index in [1.54, 1.807) is 12.1 Å². The number of aliphatic hydroxyl groups is 2. The Kier molecular flexibility index (Phi) is 12.5. The number of carbonyl (C=O) groups is 2. The minimum atomic E-state index is -3.02. The first-order valence-corrected chi connectivity index (χ1v) is 21.9. The minimum absolute atomic E-state index is 0.0879. The van der Waals surface area contributed by atoms with Gasteiger partial charge in [0.05, 0.1) is 42.7 Å². The fraction of sp³-hybridized carbons (Fsp3) is 0.364. The lowest BCUT2D eigenvalue weighted by Crippen LogP contribution is -2.66. The predicted molar refractivity (Wildman–Crippen MR) is 219 cm³/mol. The summed E-state index contributed by atoms with van der Waals surface area (Å²) < 4.78 is 7.38. The van der Waals surface area contributed by atoms with Gasteiger partial charge in [0.1, 0.15) is 5.75 Å². The Morgan fingerprint density at radius 3 is 2.22 bits per heavy atom. The number of carbonyl (C=O) groups excluding carboxylic acids is 2. The third-order valence-corrected chi connectivity index (χ3v) is 17.3.